The average Bonchev–Trinajstić information content (AvgIpc) is 3.01. The first-order valence-corrected chi connectivity index (χ1v) is 10.3. The Hall–Kier alpha value is -1.69. The van der Waals surface area contributed by atoms with Gasteiger partial charge in [0, 0.05) is 5.75 Å². The first-order valence-electron chi connectivity index (χ1n) is 9.33. The zero-order valence-corrected chi connectivity index (χ0v) is 17.1. The number of thioether (sulfide) groups is 1. The molecule has 1 aliphatic rings. The zero-order chi connectivity index (χ0) is 19.2. The number of carbonyl (C=O) groups is 1. The highest BCUT2D eigenvalue weighted by Gasteiger charge is 2.38. The molecule has 1 aromatic rings. The molecule has 1 fully saturated rings. The van der Waals surface area contributed by atoms with Crippen LogP contribution in [0.3, 0.4) is 0 Å². The number of aliphatic imine (C=N–C) groups is 1. The molecule has 3 N–H and O–H groups in total. The fourth-order valence-electron chi connectivity index (χ4n) is 3.20. The van der Waals surface area contributed by atoms with E-state index in [0.717, 1.165) is 49.1 Å². The van der Waals surface area contributed by atoms with E-state index < -0.39 is 5.60 Å². The van der Waals surface area contributed by atoms with Crippen LogP contribution < -0.4 is 11.1 Å². The third kappa shape index (κ3) is 5.94. The van der Waals surface area contributed by atoms with Crippen LogP contribution in [0.25, 0.3) is 0 Å². The predicted molar refractivity (Wildman–Crippen MR) is 110 cm³/mol. The normalized spacial score (nSPS) is 17.2. The number of alkyl carbamates (subject to hydrolysis) is 1. The minimum absolute atomic E-state index is 0.369. The van der Waals surface area contributed by atoms with Crippen LogP contribution in [0.5, 0.6) is 0 Å². The molecule has 0 unspecified atom stereocenters. The van der Waals surface area contributed by atoms with Gasteiger partial charge in [0.1, 0.15) is 5.60 Å². The summed E-state index contributed by atoms with van der Waals surface area (Å²) in [6.45, 7) is 7.74. The van der Waals surface area contributed by atoms with Crippen molar-refractivity contribution in [2.24, 2.45) is 10.7 Å². The number of amides is 1. The van der Waals surface area contributed by atoms with E-state index in [9.17, 15) is 4.79 Å². The molecule has 1 amide bonds. The zero-order valence-electron chi connectivity index (χ0n) is 16.3. The van der Waals surface area contributed by atoms with Crippen LogP contribution in [0.15, 0.2) is 29.3 Å². The van der Waals surface area contributed by atoms with Gasteiger partial charge in [-0.1, -0.05) is 43.7 Å². The number of hydrogen-bond donors (Lipinski definition) is 2. The number of carbonyl (C=O) groups excluding carboxylic acids is 1. The van der Waals surface area contributed by atoms with Gasteiger partial charge in [0.2, 0.25) is 0 Å². The molecule has 0 spiro atoms. The van der Waals surface area contributed by atoms with Gasteiger partial charge in [-0.3, -0.25) is 0 Å². The lowest BCUT2D eigenvalue weighted by Crippen LogP contribution is -2.46. The molecule has 5 nitrogen and oxygen atoms in total. The Morgan fingerprint density at radius 1 is 1.35 bits per heavy atom. The molecule has 0 atom stereocenters. The Balaban J connectivity index is 2.22. The van der Waals surface area contributed by atoms with Gasteiger partial charge in [-0.15, -0.1) is 0 Å². The van der Waals surface area contributed by atoms with Gasteiger partial charge in [-0.2, -0.15) is 0 Å². The number of nitrogens with zero attached hydrogens (tertiary/aromatic N) is 1. The van der Waals surface area contributed by atoms with Crippen molar-refractivity contribution in [2.45, 2.75) is 70.9 Å². The van der Waals surface area contributed by atoms with Gasteiger partial charge >= 0.3 is 6.09 Å². The van der Waals surface area contributed by atoms with E-state index in [-0.39, 0.29) is 11.6 Å². The van der Waals surface area contributed by atoms with Crippen LogP contribution in [0.4, 0.5) is 10.5 Å². The molecule has 0 bridgehead atoms. The summed E-state index contributed by atoms with van der Waals surface area (Å²) in [7, 11) is 0. The summed E-state index contributed by atoms with van der Waals surface area (Å²) in [6, 6.07) is 8.00. The van der Waals surface area contributed by atoms with Crippen LogP contribution in [-0.4, -0.2) is 22.6 Å². The lowest BCUT2D eigenvalue weighted by Gasteiger charge is -2.32. The summed E-state index contributed by atoms with van der Waals surface area (Å²) < 4.78 is 5.48. The largest absolute Gasteiger partial charge is 0.444 e. The predicted octanol–water partition coefficient (Wildman–Crippen LogP) is 5.07. The molecule has 0 aromatic heterocycles. The number of rotatable bonds is 5. The second-order valence-corrected chi connectivity index (χ2v) is 8.88. The maximum absolute atomic E-state index is 12.4. The van der Waals surface area contributed by atoms with Gasteiger partial charge in [0.05, 0.1) is 11.2 Å². The molecule has 0 radical (unpaired) electrons. The van der Waals surface area contributed by atoms with E-state index in [1.165, 1.54) is 0 Å². The van der Waals surface area contributed by atoms with Crippen LogP contribution in [0.2, 0.25) is 0 Å². The molecule has 1 saturated carbocycles. The Morgan fingerprint density at radius 3 is 2.65 bits per heavy atom. The number of amidine groups is 1. The monoisotopic (exact) mass is 377 g/mol. The standard InChI is InChI=1S/C20H31N3O2S/c1-5-13-26-17(21)22-16-10-8-9-15(14-16)20(11-6-7-12-20)23-18(24)25-19(2,3)4/h8-10,14H,5-7,11-13H2,1-4H3,(H2,21,22)(H,23,24). The van der Waals surface area contributed by atoms with Crippen molar-refractivity contribution in [1.29, 1.82) is 0 Å². The average molecular weight is 378 g/mol. The summed E-state index contributed by atoms with van der Waals surface area (Å²) in [5.74, 6) is 0.958. The van der Waals surface area contributed by atoms with E-state index in [0.29, 0.717) is 5.17 Å². The summed E-state index contributed by atoms with van der Waals surface area (Å²) in [4.78, 5) is 16.9. The number of ether oxygens (including phenoxy) is 1. The fraction of sp³-hybridized carbons (Fsp3) is 0.600. The minimum Gasteiger partial charge on any atom is -0.444 e. The highest BCUT2D eigenvalue weighted by molar-refractivity contribution is 8.13. The highest BCUT2D eigenvalue weighted by Crippen LogP contribution is 2.40. The van der Waals surface area contributed by atoms with Gasteiger partial charge < -0.3 is 15.8 Å². The smallest absolute Gasteiger partial charge is 0.408 e. The summed E-state index contributed by atoms with van der Waals surface area (Å²) in [5, 5.41) is 3.71. The first kappa shape index (κ1) is 20.6. The van der Waals surface area contributed by atoms with Crippen molar-refractivity contribution in [3.05, 3.63) is 29.8 Å². The quantitative estimate of drug-likeness (QED) is 0.555. The van der Waals surface area contributed by atoms with Gasteiger partial charge in [-0.25, -0.2) is 9.79 Å². The van der Waals surface area contributed by atoms with E-state index in [4.69, 9.17) is 10.5 Å². The molecule has 0 heterocycles. The third-order valence-corrected chi connectivity index (χ3v) is 5.29. The molecule has 2 rings (SSSR count). The number of nitrogens with one attached hydrogen (secondary N) is 1. The van der Waals surface area contributed by atoms with Crippen molar-refractivity contribution < 1.29 is 9.53 Å². The molecule has 26 heavy (non-hydrogen) atoms. The van der Waals surface area contributed by atoms with E-state index >= 15 is 0 Å². The molecule has 1 aliphatic carbocycles. The van der Waals surface area contributed by atoms with Crippen LogP contribution in [0.1, 0.15) is 65.4 Å². The highest BCUT2D eigenvalue weighted by atomic mass is 32.2. The van der Waals surface area contributed by atoms with Crippen molar-refractivity contribution in [1.82, 2.24) is 5.32 Å². The second-order valence-electron chi connectivity index (χ2n) is 7.76. The SMILES string of the molecule is CCCSC(N)=Nc1cccc(C2(NC(=O)OC(C)(C)C)CCCC2)c1. The van der Waals surface area contributed by atoms with Crippen molar-refractivity contribution in [2.75, 3.05) is 5.75 Å². The summed E-state index contributed by atoms with van der Waals surface area (Å²) >= 11 is 1.56. The van der Waals surface area contributed by atoms with Gasteiger partial charge in [-0.05, 0) is 57.7 Å². The molecule has 144 valence electrons. The van der Waals surface area contributed by atoms with Crippen LogP contribution in [-0.2, 0) is 10.3 Å². The lowest BCUT2D eigenvalue weighted by molar-refractivity contribution is 0.0453. The van der Waals surface area contributed by atoms with Crippen LogP contribution in [0, 0.1) is 0 Å². The fourth-order valence-corrected chi connectivity index (χ4v) is 3.79. The number of nitrogens with two attached hydrogens (primary N) is 1. The molecular weight excluding hydrogens is 346 g/mol. The molecule has 6 heteroatoms. The molecule has 0 aliphatic heterocycles. The maximum Gasteiger partial charge on any atom is 0.408 e. The second kappa shape index (κ2) is 8.80. The van der Waals surface area contributed by atoms with Crippen molar-refractivity contribution >= 4 is 28.7 Å². The molecular formula is C20H31N3O2S. The van der Waals surface area contributed by atoms with Gasteiger partial charge in [0.25, 0.3) is 0 Å². The van der Waals surface area contributed by atoms with Crippen molar-refractivity contribution in [3.8, 4) is 0 Å². The summed E-state index contributed by atoms with van der Waals surface area (Å²) in [5.41, 5.74) is 6.98. The molecule has 1 aromatic carbocycles. The van der Waals surface area contributed by atoms with Crippen molar-refractivity contribution in [3.63, 3.8) is 0 Å². The maximum atomic E-state index is 12.4. The number of benzene rings is 1. The Labute approximate surface area is 161 Å². The Morgan fingerprint density at radius 2 is 2.04 bits per heavy atom. The van der Waals surface area contributed by atoms with Gasteiger partial charge in [0.15, 0.2) is 5.17 Å². The van der Waals surface area contributed by atoms with Crippen LogP contribution >= 0.6 is 11.8 Å². The lowest BCUT2D eigenvalue weighted by atomic mass is 9.88. The minimum atomic E-state index is -0.513. The summed E-state index contributed by atoms with van der Waals surface area (Å²) in [6.07, 6.45) is 4.66. The Bertz CT molecular complexity index is 647. The third-order valence-electron chi connectivity index (χ3n) is 4.29. The van der Waals surface area contributed by atoms with E-state index in [1.54, 1.807) is 11.8 Å². The number of hydrogen-bond acceptors (Lipinski definition) is 4. The first-order chi connectivity index (χ1) is 12.2. The Kier molecular flexibility index (Phi) is 6.98. The molecule has 0 saturated heterocycles. The van der Waals surface area contributed by atoms with E-state index in [2.05, 4.69) is 23.3 Å². The topological polar surface area (TPSA) is 76.7 Å². The van der Waals surface area contributed by atoms with E-state index in [1.807, 2.05) is 39.0 Å².